The Bertz CT molecular complexity index is 522. The van der Waals surface area contributed by atoms with E-state index in [4.69, 9.17) is 9.84 Å². The summed E-state index contributed by atoms with van der Waals surface area (Å²) in [7, 11) is 2.95. The molecule has 0 radical (unpaired) electrons. The maximum absolute atomic E-state index is 11.4. The van der Waals surface area contributed by atoms with Gasteiger partial charge in [-0.15, -0.1) is 0 Å². The van der Waals surface area contributed by atoms with E-state index < -0.39 is 17.9 Å². The first-order valence-corrected chi connectivity index (χ1v) is 5.99. The van der Waals surface area contributed by atoms with Crippen molar-refractivity contribution in [2.45, 2.75) is 6.04 Å². The molecule has 2 heterocycles. The van der Waals surface area contributed by atoms with Crippen molar-refractivity contribution in [2.75, 3.05) is 32.3 Å². The zero-order valence-corrected chi connectivity index (χ0v) is 11.1. The number of esters is 1. The number of anilines is 1. The summed E-state index contributed by atoms with van der Waals surface area (Å²) >= 11 is 0. The summed E-state index contributed by atoms with van der Waals surface area (Å²) in [6.07, 6.45) is 1.43. The minimum Gasteiger partial charge on any atom is -0.481 e. The van der Waals surface area contributed by atoms with Gasteiger partial charge in [-0.25, -0.2) is 14.8 Å². The Hall–Kier alpha value is -2.22. The second-order valence-corrected chi connectivity index (χ2v) is 4.39. The quantitative estimate of drug-likeness (QED) is 0.757. The molecule has 1 saturated heterocycles. The van der Waals surface area contributed by atoms with Crippen LogP contribution >= 0.6 is 0 Å². The molecule has 1 fully saturated rings. The third-order valence-corrected chi connectivity index (χ3v) is 3.24. The fraction of sp³-hybridized carbons (Fsp3) is 0.500. The summed E-state index contributed by atoms with van der Waals surface area (Å²) in [5, 5.41) is 9.15. The van der Waals surface area contributed by atoms with Gasteiger partial charge in [0.1, 0.15) is 11.7 Å². The summed E-state index contributed by atoms with van der Waals surface area (Å²) < 4.78 is 9.77. The molecule has 1 aromatic heterocycles. The summed E-state index contributed by atoms with van der Waals surface area (Å²) in [5.74, 6) is -1.80. The summed E-state index contributed by atoms with van der Waals surface area (Å²) in [6.45, 7) is 0.463. The number of nitrogens with zero attached hydrogens (tertiary/aromatic N) is 3. The highest BCUT2D eigenvalue weighted by Crippen LogP contribution is 2.23. The number of likely N-dealkylation sites (N-methyl/N-ethyl adjacent to an activating group) is 1. The number of carbonyl (C=O) groups excluding carboxylic acids is 1. The minimum atomic E-state index is -0.915. The smallest absolute Gasteiger partial charge is 0.376 e. The maximum Gasteiger partial charge on any atom is 0.376 e. The molecule has 0 bridgehead atoms. The van der Waals surface area contributed by atoms with Crippen LogP contribution < -0.4 is 4.90 Å². The van der Waals surface area contributed by atoms with E-state index in [-0.39, 0.29) is 18.5 Å². The van der Waals surface area contributed by atoms with E-state index in [1.165, 1.54) is 13.3 Å². The molecule has 0 saturated carbocycles. The number of aliphatic carboxylic acids is 1. The van der Waals surface area contributed by atoms with Crippen LogP contribution in [0.5, 0.6) is 0 Å². The number of hydrogen-bond donors (Lipinski definition) is 1. The first-order chi connectivity index (χ1) is 9.54. The van der Waals surface area contributed by atoms with Crippen molar-refractivity contribution in [3.05, 3.63) is 18.1 Å². The zero-order chi connectivity index (χ0) is 14.7. The van der Waals surface area contributed by atoms with Crippen molar-refractivity contribution >= 4 is 17.8 Å². The van der Waals surface area contributed by atoms with Gasteiger partial charge in [0.05, 0.1) is 26.4 Å². The molecule has 8 heteroatoms. The molecule has 1 aliphatic rings. The number of ether oxygens (including phenoxy) is 2. The highest BCUT2D eigenvalue weighted by Gasteiger charge is 2.37. The van der Waals surface area contributed by atoms with E-state index in [1.807, 2.05) is 0 Å². The van der Waals surface area contributed by atoms with Gasteiger partial charge in [0.15, 0.2) is 0 Å². The Kier molecular flexibility index (Phi) is 4.14. The van der Waals surface area contributed by atoms with Crippen LogP contribution in [0, 0.1) is 5.92 Å². The SMILES string of the molecule is COC(=O)c1nccc(N(C)C2COCC2C(=O)O)n1. The molecule has 0 aliphatic carbocycles. The molecule has 8 nitrogen and oxygen atoms in total. The topological polar surface area (TPSA) is 102 Å². The Labute approximate surface area is 115 Å². The number of aromatic nitrogens is 2. The van der Waals surface area contributed by atoms with Crippen LogP contribution in [0.2, 0.25) is 0 Å². The van der Waals surface area contributed by atoms with Crippen molar-refractivity contribution in [1.82, 2.24) is 9.97 Å². The highest BCUT2D eigenvalue weighted by atomic mass is 16.5. The predicted octanol–water partition coefficient (Wildman–Crippen LogP) is -0.201. The molecule has 2 rings (SSSR count). The van der Waals surface area contributed by atoms with Crippen molar-refractivity contribution in [3.63, 3.8) is 0 Å². The average molecular weight is 281 g/mol. The third kappa shape index (κ3) is 2.69. The lowest BCUT2D eigenvalue weighted by Gasteiger charge is -2.27. The first-order valence-electron chi connectivity index (χ1n) is 5.99. The predicted molar refractivity (Wildman–Crippen MR) is 67.5 cm³/mol. The van der Waals surface area contributed by atoms with Gasteiger partial charge in [0.2, 0.25) is 5.82 Å². The van der Waals surface area contributed by atoms with Crippen molar-refractivity contribution in [1.29, 1.82) is 0 Å². The van der Waals surface area contributed by atoms with Gasteiger partial charge in [-0.2, -0.15) is 0 Å². The van der Waals surface area contributed by atoms with Gasteiger partial charge >= 0.3 is 11.9 Å². The largest absolute Gasteiger partial charge is 0.481 e. The van der Waals surface area contributed by atoms with Gasteiger partial charge in [0, 0.05) is 13.2 Å². The van der Waals surface area contributed by atoms with Crippen LogP contribution in [0.15, 0.2) is 12.3 Å². The molecule has 0 amide bonds. The van der Waals surface area contributed by atoms with Crippen LogP contribution in [0.25, 0.3) is 0 Å². The molecule has 108 valence electrons. The monoisotopic (exact) mass is 281 g/mol. The van der Waals surface area contributed by atoms with E-state index in [0.717, 1.165) is 0 Å². The summed E-state index contributed by atoms with van der Waals surface area (Å²) in [4.78, 5) is 32.1. The number of hydrogen-bond acceptors (Lipinski definition) is 7. The van der Waals surface area contributed by atoms with E-state index in [9.17, 15) is 9.59 Å². The molecular weight excluding hydrogens is 266 g/mol. The van der Waals surface area contributed by atoms with Gasteiger partial charge in [-0.3, -0.25) is 4.79 Å². The molecule has 0 spiro atoms. The van der Waals surface area contributed by atoms with Crippen LogP contribution in [0.4, 0.5) is 5.82 Å². The third-order valence-electron chi connectivity index (χ3n) is 3.24. The first kappa shape index (κ1) is 14.2. The second-order valence-electron chi connectivity index (χ2n) is 4.39. The Balaban J connectivity index is 2.22. The Morgan fingerprint density at radius 2 is 2.25 bits per heavy atom. The molecule has 2 unspecified atom stereocenters. The number of carboxylic acids is 1. The molecule has 1 N–H and O–H groups in total. The van der Waals surface area contributed by atoms with E-state index in [1.54, 1.807) is 18.0 Å². The number of methoxy groups -OCH3 is 1. The lowest BCUT2D eigenvalue weighted by molar-refractivity contribution is -0.141. The molecular formula is C12H15N3O5. The van der Waals surface area contributed by atoms with Crippen molar-refractivity contribution in [3.8, 4) is 0 Å². The minimum absolute atomic E-state index is 0.0670. The molecule has 0 aromatic carbocycles. The lowest BCUT2D eigenvalue weighted by Crippen LogP contribution is -2.41. The summed E-state index contributed by atoms with van der Waals surface area (Å²) in [6, 6.07) is 1.26. The van der Waals surface area contributed by atoms with Gasteiger partial charge in [0.25, 0.3) is 0 Å². The lowest BCUT2D eigenvalue weighted by atomic mass is 10.0. The van der Waals surface area contributed by atoms with Crippen LogP contribution in [0.3, 0.4) is 0 Å². The average Bonchev–Trinajstić information content (AvgIpc) is 2.95. The zero-order valence-electron chi connectivity index (χ0n) is 11.1. The van der Waals surface area contributed by atoms with E-state index in [0.29, 0.717) is 12.4 Å². The maximum atomic E-state index is 11.4. The van der Waals surface area contributed by atoms with E-state index >= 15 is 0 Å². The van der Waals surface area contributed by atoms with E-state index in [2.05, 4.69) is 14.7 Å². The summed E-state index contributed by atoms with van der Waals surface area (Å²) in [5.41, 5.74) is 0. The molecule has 2 atom stereocenters. The molecule has 20 heavy (non-hydrogen) atoms. The number of carbonyl (C=O) groups is 2. The van der Waals surface area contributed by atoms with Gasteiger partial charge < -0.3 is 19.5 Å². The van der Waals surface area contributed by atoms with Crippen molar-refractivity contribution in [2.24, 2.45) is 5.92 Å². The van der Waals surface area contributed by atoms with Gasteiger partial charge in [-0.05, 0) is 6.07 Å². The second kappa shape index (κ2) is 5.83. The fourth-order valence-corrected chi connectivity index (χ4v) is 2.07. The molecule has 1 aromatic rings. The number of rotatable bonds is 4. The molecule has 1 aliphatic heterocycles. The standard InChI is InChI=1S/C12H15N3O5/c1-15(8-6-20-5-7(8)11(16)17)9-3-4-13-10(14-9)12(18)19-2/h3-4,7-8H,5-6H2,1-2H3,(H,16,17). The van der Waals surface area contributed by atoms with Gasteiger partial charge in [-0.1, -0.05) is 0 Å². The number of carboxylic acid groups (broad SMARTS) is 1. The van der Waals surface area contributed by atoms with Crippen LogP contribution in [0.1, 0.15) is 10.6 Å². The Morgan fingerprint density at radius 3 is 2.90 bits per heavy atom. The van der Waals surface area contributed by atoms with Crippen molar-refractivity contribution < 1.29 is 24.2 Å². The Morgan fingerprint density at radius 1 is 1.50 bits per heavy atom. The normalized spacial score (nSPS) is 21.5. The van der Waals surface area contributed by atoms with Crippen LogP contribution in [-0.4, -0.2) is 60.4 Å². The highest BCUT2D eigenvalue weighted by molar-refractivity contribution is 5.85. The fourth-order valence-electron chi connectivity index (χ4n) is 2.07. The van der Waals surface area contributed by atoms with Crippen LogP contribution in [-0.2, 0) is 14.3 Å².